The minimum atomic E-state index is -4.74. The highest BCUT2D eigenvalue weighted by molar-refractivity contribution is 9.10. The quantitative estimate of drug-likeness (QED) is 0.881. The Hall–Kier alpha value is -1.05. The first-order valence-electron chi connectivity index (χ1n) is 5.12. The predicted molar refractivity (Wildman–Crippen MR) is 69.2 cm³/mol. The van der Waals surface area contributed by atoms with Gasteiger partial charge in [-0.2, -0.15) is 11.3 Å². The number of alkyl halides is 3. The monoisotopic (exact) mass is 352 g/mol. The SMILES string of the molecule is OC(c1cccc(OC(F)(F)F)c1)c1cscc1Br. The van der Waals surface area contributed by atoms with Crippen LogP contribution in [0, 0.1) is 0 Å². The molecule has 0 fully saturated rings. The third kappa shape index (κ3) is 3.71. The van der Waals surface area contributed by atoms with Gasteiger partial charge in [0.15, 0.2) is 0 Å². The van der Waals surface area contributed by atoms with Gasteiger partial charge < -0.3 is 9.84 Å². The van der Waals surface area contributed by atoms with E-state index in [1.807, 2.05) is 0 Å². The van der Waals surface area contributed by atoms with Crippen molar-refractivity contribution in [3.63, 3.8) is 0 Å². The Morgan fingerprint density at radius 3 is 2.58 bits per heavy atom. The highest BCUT2D eigenvalue weighted by atomic mass is 79.9. The van der Waals surface area contributed by atoms with Crippen LogP contribution in [0.2, 0.25) is 0 Å². The van der Waals surface area contributed by atoms with Crippen LogP contribution in [0.4, 0.5) is 13.2 Å². The van der Waals surface area contributed by atoms with Gasteiger partial charge in [-0.05, 0) is 39.0 Å². The fourth-order valence-electron chi connectivity index (χ4n) is 1.55. The molecule has 1 N–H and O–H groups in total. The van der Waals surface area contributed by atoms with E-state index in [4.69, 9.17) is 0 Å². The number of benzene rings is 1. The minimum absolute atomic E-state index is 0.334. The first-order chi connectivity index (χ1) is 8.87. The molecular formula is C12H8BrF3O2S. The lowest BCUT2D eigenvalue weighted by molar-refractivity contribution is -0.274. The van der Waals surface area contributed by atoms with E-state index in [9.17, 15) is 18.3 Å². The molecule has 0 spiro atoms. The van der Waals surface area contributed by atoms with Crippen molar-refractivity contribution in [2.75, 3.05) is 0 Å². The van der Waals surface area contributed by atoms with Gasteiger partial charge in [-0.25, -0.2) is 0 Å². The molecule has 7 heteroatoms. The molecule has 1 heterocycles. The number of ether oxygens (including phenoxy) is 1. The zero-order chi connectivity index (χ0) is 14.0. The summed E-state index contributed by atoms with van der Waals surface area (Å²) in [5.41, 5.74) is 0.940. The van der Waals surface area contributed by atoms with Crippen molar-refractivity contribution in [2.24, 2.45) is 0 Å². The van der Waals surface area contributed by atoms with Gasteiger partial charge in [0.1, 0.15) is 11.9 Å². The molecule has 0 aliphatic rings. The number of rotatable bonds is 3. The average molecular weight is 353 g/mol. The van der Waals surface area contributed by atoms with Crippen LogP contribution in [-0.2, 0) is 0 Å². The average Bonchev–Trinajstić information content (AvgIpc) is 2.72. The third-order valence-corrected chi connectivity index (χ3v) is 4.10. The van der Waals surface area contributed by atoms with Crippen LogP contribution in [0.15, 0.2) is 39.5 Å². The third-order valence-electron chi connectivity index (χ3n) is 2.34. The Bertz CT molecular complexity index is 568. The van der Waals surface area contributed by atoms with Crippen LogP contribution >= 0.6 is 27.3 Å². The summed E-state index contributed by atoms with van der Waals surface area (Å²) in [6.07, 6.45) is -5.75. The predicted octanol–water partition coefficient (Wildman–Crippen LogP) is 4.49. The smallest absolute Gasteiger partial charge is 0.406 e. The summed E-state index contributed by atoms with van der Waals surface area (Å²) in [6.45, 7) is 0. The highest BCUT2D eigenvalue weighted by Crippen LogP contribution is 2.33. The van der Waals surface area contributed by atoms with Crippen LogP contribution < -0.4 is 4.74 Å². The minimum Gasteiger partial charge on any atom is -0.406 e. The van der Waals surface area contributed by atoms with Gasteiger partial charge >= 0.3 is 6.36 Å². The van der Waals surface area contributed by atoms with Crippen molar-refractivity contribution >= 4 is 27.3 Å². The lowest BCUT2D eigenvalue weighted by Gasteiger charge is -2.13. The molecule has 2 aromatic rings. The summed E-state index contributed by atoms with van der Waals surface area (Å²) in [4.78, 5) is 0. The summed E-state index contributed by atoms with van der Waals surface area (Å²) in [7, 11) is 0. The molecule has 1 unspecified atom stereocenters. The van der Waals surface area contributed by atoms with Gasteiger partial charge in [-0.1, -0.05) is 12.1 Å². The van der Waals surface area contributed by atoms with Crippen molar-refractivity contribution < 1.29 is 23.0 Å². The topological polar surface area (TPSA) is 29.5 Å². The second-order valence-corrected chi connectivity index (χ2v) is 5.30. The molecule has 1 aromatic heterocycles. The molecular weight excluding hydrogens is 345 g/mol. The molecule has 19 heavy (non-hydrogen) atoms. The zero-order valence-electron chi connectivity index (χ0n) is 9.32. The number of hydrogen-bond acceptors (Lipinski definition) is 3. The van der Waals surface area contributed by atoms with E-state index in [1.54, 1.807) is 10.8 Å². The molecule has 0 bridgehead atoms. The molecule has 0 aliphatic carbocycles. The lowest BCUT2D eigenvalue weighted by atomic mass is 10.0. The molecule has 102 valence electrons. The lowest BCUT2D eigenvalue weighted by Crippen LogP contribution is -2.17. The van der Waals surface area contributed by atoms with E-state index in [0.29, 0.717) is 15.6 Å². The van der Waals surface area contributed by atoms with E-state index in [-0.39, 0.29) is 5.75 Å². The molecule has 0 saturated heterocycles. The Labute approximate surface area is 119 Å². The summed E-state index contributed by atoms with van der Waals surface area (Å²) in [5, 5.41) is 13.6. The second kappa shape index (κ2) is 5.52. The van der Waals surface area contributed by atoms with Gasteiger partial charge in [0.05, 0.1) is 0 Å². The number of halogens is 4. The number of hydrogen-bond donors (Lipinski definition) is 1. The normalized spacial score (nSPS) is 13.3. The van der Waals surface area contributed by atoms with Crippen LogP contribution in [0.1, 0.15) is 17.2 Å². The van der Waals surface area contributed by atoms with Crippen molar-refractivity contribution in [2.45, 2.75) is 12.5 Å². The van der Waals surface area contributed by atoms with Gasteiger partial charge in [0.2, 0.25) is 0 Å². The molecule has 0 amide bonds. The summed E-state index contributed by atoms with van der Waals surface area (Å²) in [5.74, 6) is -0.351. The summed E-state index contributed by atoms with van der Waals surface area (Å²) in [6, 6.07) is 5.30. The van der Waals surface area contributed by atoms with E-state index in [2.05, 4.69) is 20.7 Å². The maximum atomic E-state index is 12.1. The van der Waals surface area contributed by atoms with Crippen LogP contribution in [-0.4, -0.2) is 11.5 Å². The molecule has 1 atom stereocenters. The summed E-state index contributed by atoms with van der Waals surface area (Å²) >= 11 is 4.66. The van der Waals surface area contributed by atoms with Crippen molar-refractivity contribution in [1.29, 1.82) is 0 Å². The van der Waals surface area contributed by atoms with Gasteiger partial charge in [-0.15, -0.1) is 13.2 Å². The largest absolute Gasteiger partial charge is 0.573 e. The van der Waals surface area contributed by atoms with Crippen molar-refractivity contribution in [3.8, 4) is 5.75 Å². The second-order valence-electron chi connectivity index (χ2n) is 3.70. The molecule has 2 nitrogen and oxygen atoms in total. The van der Waals surface area contributed by atoms with E-state index < -0.39 is 12.5 Å². The molecule has 2 rings (SSSR count). The standard InChI is InChI=1S/C12H8BrF3O2S/c13-10-6-19-5-9(10)11(17)7-2-1-3-8(4-7)18-12(14,15)16/h1-6,11,17H. The van der Waals surface area contributed by atoms with Crippen LogP contribution in [0.3, 0.4) is 0 Å². The molecule has 0 saturated carbocycles. The van der Waals surface area contributed by atoms with Gasteiger partial charge in [-0.3, -0.25) is 0 Å². The maximum absolute atomic E-state index is 12.1. The fraction of sp³-hybridized carbons (Fsp3) is 0.167. The van der Waals surface area contributed by atoms with E-state index in [0.717, 1.165) is 0 Å². The number of aliphatic hydroxyl groups is 1. The fourth-order valence-corrected chi connectivity index (χ4v) is 3.08. The number of thiophene rings is 1. The number of aliphatic hydroxyl groups excluding tert-OH is 1. The van der Waals surface area contributed by atoms with Crippen LogP contribution in [0.25, 0.3) is 0 Å². The maximum Gasteiger partial charge on any atom is 0.573 e. The van der Waals surface area contributed by atoms with Crippen LogP contribution in [0.5, 0.6) is 5.75 Å². The van der Waals surface area contributed by atoms with Crippen molar-refractivity contribution in [3.05, 3.63) is 50.6 Å². The Morgan fingerprint density at radius 2 is 2.00 bits per heavy atom. The van der Waals surface area contributed by atoms with Gasteiger partial charge in [0, 0.05) is 15.4 Å². The highest BCUT2D eigenvalue weighted by Gasteiger charge is 2.31. The first-order valence-corrected chi connectivity index (χ1v) is 6.86. The van der Waals surface area contributed by atoms with E-state index >= 15 is 0 Å². The zero-order valence-corrected chi connectivity index (χ0v) is 11.7. The summed E-state index contributed by atoms with van der Waals surface area (Å²) < 4.78 is 40.9. The van der Waals surface area contributed by atoms with Crippen molar-refractivity contribution in [1.82, 2.24) is 0 Å². The Morgan fingerprint density at radius 1 is 1.26 bits per heavy atom. The van der Waals surface area contributed by atoms with E-state index in [1.165, 1.54) is 35.6 Å². The molecule has 0 aliphatic heterocycles. The molecule has 0 radical (unpaired) electrons. The Balaban J connectivity index is 2.26. The van der Waals surface area contributed by atoms with Gasteiger partial charge in [0.25, 0.3) is 0 Å². The Kier molecular flexibility index (Phi) is 4.17. The molecule has 1 aromatic carbocycles. The first kappa shape index (κ1) is 14.4.